The van der Waals surface area contributed by atoms with Crippen molar-refractivity contribution in [3.05, 3.63) is 65.2 Å². The lowest BCUT2D eigenvalue weighted by Crippen LogP contribution is -2.32. The van der Waals surface area contributed by atoms with Gasteiger partial charge in [0.05, 0.1) is 18.5 Å². The molecule has 0 aliphatic heterocycles. The SMILES string of the molecule is Cc1ccc(OCCN(C)C(=O)Cc2ccccc2C(=O)O)cc1. The summed E-state index contributed by atoms with van der Waals surface area (Å²) in [6.07, 6.45) is 0.0590. The van der Waals surface area contributed by atoms with E-state index < -0.39 is 5.97 Å². The van der Waals surface area contributed by atoms with Crippen LogP contribution in [0.4, 0.5) is 0 Å². The Morgan fingerprint density at radius 3 is 2.42 bits per heavy atom. The molecule has 24 heavy (non-hydrogen) atoms. The minimum atomic E-state index is -1.02. The molecule has 0 aromatic heterocycles. The highest BCUT2D eigenvalue weighted by molar-refractivity contribution is 5.91. The van der Waals surface area contributed by atoms with Crippen molar-refractivity contribution in [3.8, 4) is 5.75 Å². The van der Waals surface area contributed by atoms with E-state index in [2.05, 4.69) is 0 Å². The van der Waals surface area contributed by atoms with Crippen LogP contribution in [0, 0.1) is 6.92 Å². The highest BCUT2D eigenvalue weighted by atomic mass is 16.5. The lowest BCUT2D eigenvalue weighted by atomic mass is 10.0. The molecule has 2 rings (SSSR count). The van der Waals surface area contributed by atoms with Gasteiger partial charge in [0, 0.05) is 7.05 Å². The highest BCUT2D eigenvalue weighted by Crippen LogP contribution is 2.12. The Morgan fingerprint density at radius 2 is 1.75 bits per heavy atom. The molecule has 0 spiro atoms. The number of aromatic carboxylic acids is 1. The van der Waals surface area contributed by atoms with E-state index in [9.17, 15) is 9.59 Å². The van der Waals surface area contributed by atoms with Crippen LogP contribution in [0.5, 0.6) is 5.75 Å². The van der Waals surface area contributed by atoms with Gasteiger partial charge in [-0.15, -0.1) is 0 Å². The van der Waals surface area contributed by atoms with E-state index in [-0.39, 0.29) is 17.9 Å². The lowest BCUT2D eigenvalue weighted by Gasteiger charge is -2.18. The maximum Gasteiger partial charge on any atom is 0.335 e. The molecule has 0 heterocycles. The Hall–Kier alpha value is -2.82. The van der Waals surface area contributed by atoms with E-state index in [4.69, 9.17) is 9.84 Å². The molecule has 0 saturated carbocycles. The average molecular weight is 327 g/mol. The van der Waals surface area contributed by atoms with Gasteiger partial charge in [-0.1, -0.05) is 35.9 Å². The first-order valence-corrected chi connectivity index (χ1v) is 7.72. The molecule has 0 fully saturated rings. The van der Waals surface area contributed by atoms with Crippen LogP contribution < -0.4 is 4.74 Å². The molecule has 0 bridgehead atoms. The molecule has 0 radical (unpaired) electrons. The fourth-order valence-electron chi connectivity index (χ4n) is 2.24. The monoisotopic (exact) mass is 327 g/mol. The quantitative estimate of drug-likeness (QED) is 0.849. The average Bonchev–Trinajstić information content (AvgIpc) is 2.56. The Kier molecular flexibility index (Phi) is 5.95. The number of carbonyl (C=O) groups is 2. The Labute approximate surface area is 141 Å². The normalized spacial score (nSPS) is 10.2. The molecule has 5 nitrogen and oxygen atoms in total. The van der Waals surface area contributed by atoms with E-state index in [1.807, 2.05) is 31.2 Å². The molecule has 0 aliphatic carbocycles. The third-order valence-electron chi connectivity index (χ3n) is 3.73. The van der Waals surface area contributed by atoms with E-state index >= 15 is 0 Å². The maximum absolute atomic E-state index is 12.3. The topological polar surface area (TPSA) is 66.8 Å². The lowest BCUT2D eigenvalue weighted by molar-refractivity contribution is -0.129. The van der Waals surface area contributed by atoms with Gasteiger partial charge in [-0.2, -0.15) is 0 Å². The zero-order chi connectivity index (χ0) is 17.5. The zero-order valence-electron chi connectivity index (χ0n) is 13.9. The predicted molar refractivity (Wildman–Crippen MR) is 91.4 cm³/mol. The smallest absolute Gasteiger partial charge is 0.335 e. The zero-order valence-corrected chi connectivity index (χ0v) is 13.9. The molecule has 2 aromatic rings. The fourth-order valence-corrected chi connectivity index (χ4v) is 2.24. The van der Waals surface area contributed by atoms with Crippen LogP contribution in [0.2, 0.25) is 0 Å². The maximum atomic E-state index is 12.3. The Morgan fingerprint density at radius 1 is 1.08 bits per heavy atom. The number of nitrogens with zero attached hydrogens (tertiary/aromatic N) is 1. The van der Waals surface area contributed by atoms with Gasteiger partial charge in [-0.25, -0.2) is 4.79 Å². The molecule has 5 heteroatoms. The number of carboxylic acids is 1. The van der Waals surface area contributed by atoms with Crippen LogP contribution in [-0.4, -0.2) is 42.1 Å². The number of amides is 1. The van der Waals surface area contributed by atoms with Crippen LogP contribution >= 0.6 is 0 Å². The summed E-state index contributed by atoms with van der Waals surface area (Å²) in [5, 5.41) is 9.16. The molecular weight excluding hydrogens is 306 g/mol. The number of benzene rings is 2. The fraction of sp³-hybridized carbons (Fsp3) is 0.263. The minimum absolute atomic E-state index is 0.0590. The van der Waals surface area contributed by atoms with Gasteiger partial charge in [0.2, 0.25) is 5.91 Å². The van der Waals surface area contributed by atoms with Crippen LogP contribution in [0.25, 0.3) is 0 Å². The largest absolute Gasteiger partial charge is 0.492 e. The summed E-state index contributed by atoms with van der Waals surface area (Å²) in [6, 6.07) is 14.3. The first-order valence-electron chi connectivity index (χ1n) is 7.72. The van der Waals surface area contributed by atoms with Gasteiger partial charge in [-0.3, -0.25) is 4.79 Å². The summed E-state index contributed by atoms with van der Waals surface area (Å²) in [6.45, 7) is 2.82. The van der Waals surface area contributed by atoms with Crippen LogP contribution in [-0.2, 0) is 11.2 Å². The van der Waals surface area contributed by atoms with Crippen LogP contribution in [0.1, 0.15) is 21.5 Å². The van der Waals surface area contributed by atoms with E-state index in [1.165, 1.54) is 6.07 Å². The summed E-state index contributed by atoms with van der Waals surface area (Å²) in [5.41, 5.74) is 1.84. The van der Waals surface area contributed by atoms with Crippen molar-refractivity contribution in [1.29, 1.82) is 0 Å². The predicted octanol–water partition coefficient (Wildman–Crippen LogP) is 2.77. The number of ether oxygens (including phenoxy) is 1. The van der Waals surface area contributed by atoms with Gasteiger partial charge in [0.1, 0.15) is 12.4 Å². The second-order valence-corrected chi connectivity index (χ2v) is 5.62. The molecule has 1 amide bonds. The summed E-state index contributed by atoms with van der Waals surface area (Å²) >= 11 is 0. The number of carbonyl (C=O) groups excluding carboxylic acids is 1. The molecular formula is C19H21NO4. The van der Waals surface area contributed by atoms with Crippen molar-refractivity contribution in [2.45, 2.75) is 13.3 Å². The van der Waals surface area contributed by atoms with Gasteiger partial charge in [-0.05, 0) is 30.7 Å². The molecule has 126 valence electrons. The molecule has 1 N–H and O–H groups in total. The van der Waals surface area contributed by atoms with E-state index in [0.29, 0.717) is 18.7 Å². The van der Waals surface area contributed by atoms with Crippen LogP contribution in [0.15, 0.2) is 48.5 Å². The number of hydrogen-bond donors (Lipinski definition) is 1. The first-order chi connectivity index (χ1) is 11.5. The third kappa shape index (κ3) is 4.84. The standard InChI is InChI=1S/C19H21NO4/c1-14-7-9-16(10-8-14)24-12-11-20(2)18(21)13-15-5-3-4-6-17(15)19(22)23/h3-10H,11-13H2,1-2H3,(H,22,23). The highest BCUT2D eigenvalue weighted by Gasteiger charge is 2.15. The van der Waals surface area contributed by atoms with Crippen molar-refractivity contribution in [1.82, 2.24) is 4.90 Å². The second kappa shape index (κ2) is 8.15. The third-order valence-corrected chi connectivity index (χ3v) is 3.73. The summed E-state index contributed by atoms with van der Waals surface area (Å²) in [4.78, 5) is 25.0. The molecule has 0 unspecified atom stereocenters. The van der Waals surface area contributed by atoms with Crippen molar-refractivity contribution in [3.63, 3.8) is 0 Å². The van der Waals surface area contributed by atoms with Crippen molar-refractivity contribution in [2.24, 2.45) is 0 Å². The van der Waals surface area contributed by atoms with Gasteiger partial charge in [0.15, 0.2) is 0 Å². The number of carboxylic acid groups (broad SMARTS) is 1. The second-order valence-electron chi connectivity index (χ2n) is 5.62. The van der Waals surface area contributed by atoms with Gasteiger partial charge in [0.25, 0.3) is 0 Å². The van der Waals surface area contributed by atoms with Crippen molar-refractivity contribution >= 4 is 11.9 Å². The minimum Gasteiger partial charge on any atom is -0.492 e. The van der Waals surface area contributed by atoms with Crippen molar-refractivity contribution < 1.29 is 19.4 Å². The molecule has 0 aliphatic rings. The van der Waals surface area contributed by atoms with Gasteiger partial charge >= 0.3 is 5.97 Å². The summed E-state index contributed by atoms with van der Waals surface area (Å²) in [5.74, 6) is -0.405. The molecule has 2 aromatic carbocycles. The Bertz CT molecular complexity index is 710. The molecule has 0 atom stereocenters. The summed E-state index contributed by atoms with van der Waals surface area (Å²) < 4.78 is 5.61. The number of rotatable bonds is 7. The molecule has 0 saturated heterocycles. The number of likely N-dealkylation sites (N-methyl/N-ethyl adjacent to an activating group) is 1. The van der Waals surface area contributed by atoms with Gasteiger partial charge < -0.3 is 14.7 Å². The van der Waals surface area contributed by atoms with E-state index in [0.717, 1.165) is 11.3 Å². The first kappa shape index (κ1) is 17.5. The van der Waals surface area contributed by atoms with Crippen molar-refractivity contribution in [2.75, 3.05) is 20.2 Å². The van der Waals surface area contributed by atoms with E-state index in [1.54, 1.807) is 30.1 Å². The summed E-state index contributed by atoms with van der Waals surface area (Å²) in [7, 11) is 1.68. The number of aryl methyl sites for hydroxylation is 1. The Balaban J connectivity index is 1.86. The van der Waals surface area contributed by atoms with Crippen LogP contribution in [0.3, 0.4) is 0 Å². The number of hydrogen-bond acceptors (Lipinski definition) is 3.